The molecule has 2 aromatic rings. The maximum atomic E-state index is 14.3. The fraction of sp³-hybridized carbons (Fsp3) is 0.381. The number of hydrogen-bond donors (Lipinski definition) is 2. The third-order valence-corrected chi connectivity index (χ3v) is 5.86. The van der Waals surface area contributed by atoms with E-state index in [1.54, 1.807) is 24.3 Å². The molecule has 0 radical (unpaired) electrons. The Bertz CT molecular complexity index is 825. The highest BCUT2D eigenvalue weighted by atomic mass is 19.1. The molecule has 130 valence electrons. The zero-order valence-electron chi connectivity index (χ0n) is 14.3. The smallest absolute Gasteiger partial charge is 0.239 e. The zero-order valence-corrected chi connectivity index (χ0v) is 14.3. The Morgan fingerprint density at radius 3 is 2.48 bits per heavy atom. The fourth-order valence-corrected chi connectivity index (χ4v) is 4.74. The van der Waals surface area contributed by atoms with Crippen LogP contribution >= 0.6 is 0 Å². The van der Waals surface area contributed by atoms with Crippen LogP contribution in [0.1, 0.15) is 48.8 Å². The summed E-state index contributed by atoms with van der Waals surface area (Å²) in [6.07, 6.45) is 5.24. The number of carbonyl (C=O) groups is 1. The monoisotopic (exact) mass is 339 g/mol. The Morgan fingerprint density at radius 1 is 1.12 bits per heavy atom. The third-order valence-electron chi connectivity index (χ3n) is 5.86. The summed E-state index contributed by atoms with van der Waals surface area (Å²) >= 11 is 0. The van der Waals surface area contributed by atoms with E-state index in [1.807, 2.05) is 6.92 Å². The van der Waals surface area contributed by atoms with Crippen molar-refractivity contribution in [3.8, 4) is 5.75 Å². The lowest BCUT2D eigenvalue weighted by atomic mass is 9.62. The molecule has 1 atom stereocenters. The van der Waals surface area contributed by atoms with E-state index in [1.165, 1.54) is 18.6 Å². The van der Waals surface area contributed by atoms with Gasteiger partial charge in [-0.2, -0.15) is 0 Å². The van der Waals surface area contributed by atoms with Crippen molar-refractivity contribution in [2.75, 3.05) is 5.32 Å². The van der Waals surface area contributed by atoms with Gasteiger partial charge in [-0.15, -0.1) is 0 Å². The molecule has 2 N–H and O–H groups in total. The van der Waals surface area contributed by atoms with Crippen LogP contribution in [0.4, 0.5) is 10.1 Å². The Labute approximate surface area is 146 Å². The van der Waals surface area contributed by atoms with E-state index in [9.17, 15) is 14.3 Å². The molecule has 0 aromatic heterocycles. The molecule has 1 heterocycles. The van der Waals surface area contributed by atoms with Crippen molar-refractivity contribution >= 4 is 11.6 Å². The summed E-state index contributed by atoms with van der Waals surface area (Å²) in [4.78, 5) is 13.3. The topological polar surface area (TPSA) is 49.3 Å². The van der Waals surface area contributed by atoms with Crippen LogP contribution in [0.15, 0.2) is 36.4 Å². The number of benzene rings is 2. The number of phenols is 1. The fourth-order valence-electron chi connectivity index (χ4n) is 4.74. The highest BCUT2D eigenvalue weighted by Crippen LogP contribution is 2.53. The summed E-state index contributed by atoms with van der Waals surface area (Å²) in [5, 5.41) is 12.7. The SMILES string of the molecule is Cc1cc(F)cc2c1NC(=O)C2(c1ccc(O)cc1)C1CCCCC1. The minimum atomic E-state index is -0.879. The predicted molar refractivity (Wildman–Crippen MR) is 95.2 cm³/mol. The van der Waals surface area contributed by atoms with E-state index in [-0.39, 0.29) is 23.4 Å². The second-order valence-corrected chi connectivity index (χ2v) is 7.29. The standard InChI is InChI=1S/C21H22FNO2/c1-13-11-16(22)12-18-19(13)23-20(25)21(18,14-5-3-2-4-6-14)15-7-9-17(24)10-8-15/h7-12,14,24H,2-6H2,1H3,(H,23,25). The van der Waals surface area contributed by atoms with Gasteiger partial charge in [0.25, 0.3) is 0 Å². The van der Waals surface area contributed by atoms with Gasteiger partial charge in [-0.25, -0.2) is 4.39 Å². The van der Waals surface area contributed by atoms with Crippen molar-refractivity contribution < 1.29 is 14.3 Å². The maximum absolute atomic E-state index is 14.3. The van der Waals surface area contributed by atoms with Crippen LogP contribution in [0.3, 0.4) is 0 Å². The molecule has 2 aromatic carbocycles. The summed E-state index contributed by atoms with van der Waals surface area (Å²) in [5.74, 6) is -0.0923. The largest absolute Gasteiger partial charge is 0.508 e. The van der Waals surface area contributed by atoms with Gasteiger partial charge in [-0.1, -0.05) is 31.4 Å². The number of halogens is 1. The van der Waals surface area contributed by atoms with E-state index in [2.05, 4.69) is 5.32 Å². The highest BCUT2D eigenvalue weighted by molar-refractivity contribution is 6.09. The third kappa shape index (κ3) is 2.35. The minimum Gasteiger partial charge on any atom is -0.508 e. The quantitative estimate of drug-likeness (QED) is 0.836. The molecule has 0 spiro atoms. The first-order valence-electron chi connectivity index (χ1n) is 8.95. The minimum absolute atomic E-state index is 0.0752. The van der Waals surface area contributed by atoms with Gasteiger partial charge < -0.3 is 10.4 Å². The predicted octanol–water partition coefficient (Wildman–Crippen LogP) is 4.66. The number of hydrogen-bond acceptors (Lipinski definition) is 2. The molecule has 3 nitrogen and oxygen atoms in total. The molecule has 4 rings (SSSR count). The molecule has 1 amide bonds. The molecule has 4 heteroatoms. The number of carbonyl (C=O) groups excluding carboxylic acids is 1. The molecular formula is C21H22FNO2. The van der Waals surface area contributed by atoms with E-state index in [4.69, 9.17) is 0 Å². The van der Waals surface area contributed by atoms with Gasteiger partial charge >= 0.3 is 0 Å². The van der Waals surface area contributed by atoms with Crippen LogP contribution in [0.2, 0.25) is 0 Å². The lowest BCUT2D eigenvalue weighted by Gasteiger charge is -2.39. The van der Waals surface area contributed by atoms with Crippen molar-refractivity contribution in [3.63, 3.8) is 0 Å². The van der Waals surface area contributed by atoms with Crippen LogP contribution < -0.4 is 5.32 Å². The number of amides is 1. The lowest BCUT2D eigenvalue weighted by molar-refractivity contribution is -0.121. The average Bonchev–Trinajstić information content (AvgIpc) is 2.90. The Hall–Kier alpha value is -2.36. The van der Waals surface area contributed by atoms with Crippen molar-refractivity contribution in [2.45, 2.75) is 44.4 Å². The van der Waals surface area contributed by atoms with Gasteiger partial charge in [0.05, 0.1) is 0 Å². The molecule has 1 fully saturated rings. The first kappa shape index (κ1) is 16.1. The summed E-state index contributed by atoms with van der Waals surface area (Å²) < 4.78 is 14.3. The van der Waals surface area contributed by atoms with Gasteiger partial charge in [0, 0.05) is 5.69 Å². The number of anilines is 1. The Morgan fingerprint density at radius 2 is 1.80 bits per heavy atom. The number of aryl methyl sites for hydroxylation is 1. The lowest BCUT2D eigenvalue weighted by Crippen LogP contribution is -2.43. The molecule has 0 bridgehead atoms. The maximum Gasteiger partial charge on any atom is 0.239 e. The van der Waals surface area contributed by atoms with Gasteiger partial charge in [-0.3, -0.25) is 4.79 Å². The summed E-state index contributed by atoms with van der Waals surface area (Å²) in [6, 6.07) is 9.81. The summed E-state index contributed by atoms with van der Waals surface area (Å²) in [5.41, 5.74) is 2.19. The van der Waals surface area contributed by atoms with Crippen LogP contribution in [0.25, 0.3) is 0 Å². The highest BCUT2D eigenvalue weighted by Gasteiger charge is 2.54. The molecule has 1 unspecified atom stereocenters. The average molecular weight is 339 g/mol. The van der Waals surface area contributed by atoms with E-state index >= 15 is 0 Å². The van der Waals surface area contributed by atoms with E-state index in [0.29, 0.717) is 0 Å². The van der Waals surface area contributed by atoms with E-state index < -0.39 is 5.41 Å². The second kappa shape index (κ2) is 5.87. The first-order chi connectivity index (χ1) is 12.0. The Balaban J connectivity index is 1.99. The van der Waals surface area contributed by atoms with Crippen LogP contribution in [0.5, 0.6) is 5.75 Å². The number of phenolic OH excluding ortho intramolecular Hbond substituents is 1. The number of nitrogens with one attached hydrogen (secondary N) is 1. The molecule has 2 aliphatic rings. The van der Waals surface area contributed by atoms with Gasteiger partial charge in [0.1, 0.15) is 17.0 Å². The molecule has 1 saturated carbocycles. The second-order valence-electron chi connectivity index (χ2n) is 7.29. The molecule has 1 aliphatic heterocycles. The van der Waals surface area contributed by atoms with Crippen LogP contribution in [-0.4, -0.2) is 11.0 Å². The van der Waals surface area contributed by atoms with Crippen LogP contribution in [-0.2, 0) is 10.2 Å². The van der Waals surface area contributed by atoms with Gasteiger partial charge in [0.2, 0.25) is 5.91 Å². The van der Waals surface area contributed by atoms with Crippen molar-refractivity contribution in [2.24, 2.45) is 5.92 Å². The zero-order chi connectivity index (χ0) is 17.6. The van der Waals surface area contributed by atoms with Crippen LogP contribution in [0, 0.1) is 18.7 Å². The normalized spacial score (nSPS) is 23.4. The number of fused-ring (bicyclic) bond motifs is 1. The van der Waals surface area contributed by atoms with Crippen molar-refractivity contribution in [1.82, 2.24) is 0 Å². The van der Waals surface area contributed by atoms with E-state index in [0.717, 1.165) is 48.1 Å². The first-order valence-corrected chi connectivity index (χ1v) is 8.95. The van der Waals surface area contributed by atoms with Crippen molar-refractivity contribution in [3.05, 3.63) is 58.9 Å². The summed E-state index contributed by atoms with van der Waals surface area (Å²) in [6.45, 7) is 1.83. The van der Waals surface area contributed by atoms with Crippen molar-refractivity contribution in [1.29, 1.82) is 0 Å². The Kier molecular flexibility index (Phi) is 3.78. The number of aromatic hydroxyl groups is 1. The molecular weight excluding hydrogens is 317 g/mol. The molecule has 1 aliphatic carbocycles. The molecule has 0 saturated heterocycles. The number of rotatable bonds is 2. The molecule has 25 heavy (non-hydrogen) atoms. The van der Waals surface area contributed by atoms with Gasteiger partial charge in [0.15, 0.2) is 0 Å². The van der Waals surface area contributed by atoms with Gasteiger partial charge in [-0.05, 0) is 66.6 Å². The summed E-state index contributed by atoms with van der Waals surface area (Å²) in [7, 11) is 0.